The first-order valence-electron chi connectivity index (χ1n) is 7.05. The van der Waals surface area contributed by atoms with E-state index in [4.69, 9.17) is 0 Å². The molecule has 102 valence electrons. The zero-order valence-corrected chi connectivity index (χ0v) is 12.3. The van der Waals surface area contributed by atoms with Crippen molar-refractivity contribution in [2.24, 2.45) is 5.92 Å². The number of rotatable bonds is 7. The van der Waals surface area contributed by atoms with Gasteiger partial charge in [0.05, 0.1) is 6.54 Å². The van der Waals surface area contributed by atoms with Crippen LogP contribution in [0.4, 0.5) is 0 Å². The maximum atomic E-state index is 11.7. The van der Waals surface area contributed by atoms with Crippen molar-refractivity contribution >= 4 is 5.78 Å². The Bertz CT molecular complexity index is 339. The maximum absolute atomic E-state index is 11.7. The monoisotopic (exact) mass is 249 g/mol. The maximum Gasteiger partial charge on any atom is 0.146 e. The molecule has 0 N–H and O–H groups in total. The Labute approximate surface area is 112 Å². The highest BCUT2D eigenvalue weighted by molar-refractivity contribution is 5.80. The highest BCUT2D eigenvalue weighted by atomic mass is 16.1. The van der Waals surface area contributed by atoms with Gasteiger partial charge in [0, 0.05) is 6.42 Å². The van der Waals surface area contributed by atoms with E-state index in [1.54, 1.807) is 5.57 Å². The standard InChI is InChI=1S/C16H27NO/c1-5-14(10-11-16(18)12-17(3)4)15-8-6-13(2)7-9-15/h6,8,14H,5,7,9-12H2,1-4H3. The van der Waals surface area contributed by atoms with E-state index in [1.807, 2.05) is 19.0 Å². The van der Waals surface area contributed by atoms with E-state index < -0.39 is 0 Å². The van der Waals surface area contributed by atoms with Crippen molar-refractivity contribution in [2.45, 2.75) is 46.0 Å². The predicted octanol–water partition coefficient (Wildman–Crippen LogP) is 3.59. The first-order valence-corrected chi connectivity index (χ1v) is 7.05. The Hall–Kier alpha value is -0.890. The fourth-order valence-electron chi connectivity index (χ4n) is 2.52. The topological polar surface area (TPSA) is 20.3 Å². The molecule has 0 saturated carbocycles. The van der Waals surface area contributed by atoms with E-state index in [1.165, 1.54) is 18.4 Å². The molecule has 2 nitrogen and oxygen atoms in total. The summed E-state index contributed by atoms with van der Waals surface area (Å²) in [7, 11) is 3.90. The molecule has 1 atom stereocenters. The molecule has 0 aromatic heterocycles. The van der Waals surface area contributed by atoms with Gasteiger partial charge < -0.3 is 4.90 Å². The average molecular weight is 249 g/mol. The summed E-state index contributed by atoms with van der Waals surface area (Å²) in [5, 5.41) is 0. The first kappa shape index (κ1) is 15.2. The van der Waals surface area contributed by atoms with Gasteiger partial charge in [-0.3, -0.25) is 4.79 Å². The van der Waals surface area contributed by atoms with Crippen molar-refractivity contribution in [3.8, 4) is 0 Å². The minimum Gasteiger partial charge on any atom is -0.302 e. The third kappa shape index (κ3) is 5.18. The third-order valence-corrected chi connectivity index (χ3v) is 3.67. The molecule has 2 heteroatoms. The highest BCUT2D eigenvalue weighted by Crippen LogP contribution is 2.29. The number of ketones is 1. The second-order valence-electron chi connectivity index (χ2n) is 5.67. The third-order valence-electron chi connectivity index (χ3n) is 3.67. The molecule has 0 radical (unpaired) electrons. The van der Waals surface area contributed by atoms with Crippen LogP contribution in [0.25, 0.3) is 0 Å². The van der Waals surface area contributed by atoms with Gasteiger partial charge in [0.25, 0.3) is 0 Å². The van der Waals surface area contributed by atoms with Gasteiger partial charge in [-0.05, 0) is 52.6 Å². The normalized spacial score (nSPS) is 17.4. The number of carbonyl (C=O) groups is 1. The van der Waals surface area contributed by atoms with Gasteiger partial charge in [0.2, 0.25) is 0 Å². The quantitative estimate of drug-likeness (QED) is 0.687. The lowest BCUT2D eigenvalue weighted by Gasteiger charge is -2.21. The number of nitrogens with zero attached hydrogens (tertiary/aromatic N) is 1. The van der Waals surface area contributed by atoms with Gasteiger partial charge in [-0.1, -0.05) is 30.2 Å². The number of likely N-dealkylation sites (N-methyl/N-ethyl adjacent to an activating group) is 1. The van der Waals surface area contributed by atoms with Gasteiger partial charge >= 0.3 is 0 Å². The zero-order valence-electron chi connectivity index (χ0n) is 12.3. The molecule has 1 aliphatic carbocycles. The largest absolute Gasteiger partial charge is 0.302 e. The molecule has 0 spiro atoms. The van der Waals surface area contributed by atoms with Crippen LogP contribution in [0.15, 0.2) is 23.3 Å². The molecule has 1 rings (SSSR count). The Kier molecular flexibility index (Phi) is 6.34. The lowest BCUT2D eigenvalue weighted by molar-refractivity contribution is -0.119. The minimum atomic E-state index is 0.363. The van der Waals surface area contributed by atoms with Gasteiger partial charge in [0.1, 0.15) is 5.78 Å². The summed E-state index contributed by atoms with van der Waals surface area (Å²) in [5.41, 5.74) is 3.01. The van der Waals surface area contributed by atoms with Crippen molar-refractivity contribution in [3.63, 3.8) is 0 Å². The average Bonchev–Trinajstić information content (AvgIpc) is 2.31. The molecule has 0 aromatic rings. The van der Waals surface area contributed by atoms with Crippen LogP contribution in [0.2, 0.25) is 0 Å². The number of Topliss-reactive ketones (excluding diaryl/α,β-unsaturated/α-hetero) is 1. The fourth-order valence-corrected chi connectivity index (χ4v) is 2.52. The summed E-state index contributed by atoms with van der Waals surface area (Å²) in [4.78, 5) is 13.7. The van der Waals surface area contributed by atoms with Crippen molar-refractivity contribution in [2.75, 3.05) is 20.6 Å². The first-order chi connectivity index (χ1) is 8.52. The lowest BCUT2D eigenvalue weighted by Crippen LogP contribution is -2.22. The van der Waals surface area contributed by atoms with Crippen molar-refractivity contribution in [1.82, 2.24) is 4.90 Å². The smallest absolute Gasteiger partial charge is 0.146 e. The van der Waals surface area contributed by atoms with Crippen LogP contribution in [-0.4, -0.2) is 31.3 Å². The Morgan fingerprint density at radius 3 is 2.56 bits per heavy atom. The van der Waals surface area contributed by atoms with Crippen molar-refractivity contribution in [3.05, 3.63) is 23.3 Å². The molecule has 0 fully saturated rings. The fraction of sp³-hybridized carbons (Fsp3) is 0.688. The SMILES string of the molecule is CCC(CCC(=O)CN(C)C)C1=CC=C(C)CC1. The van der Waals surface area contributed by atoms with Gasteiger partial charge in [-0.25, -0.2) is 0 Å². The van der Waals surface area contributed by atoms with E-state index in [2.05, 4.69) is 26.0 Å². The molecule has 0 aromatic carbocycles. The Morgan fingerprint density at radius 2 is 2.06 bits per heavy atom. The summed E-state index contributed by atoms with van der Waals surface area (Å²) in [6.07, 6.45) is 9.77. The zero-order chi connectivity index (χ0) is 13.5. The van der Waals surface area contributed by atoms with Gasteiger partial charge in [0.15, 0.2) is 0 Å². The van der Waals surface area contributed by atoms with Crippen LogP contribution in [0.1, 0.15) is 46.0 Å². The van der Waals surface area contributed by atoms with Crippen LogP contribution in [0, 0.1) is 5.92 Å². The second-order valence-corrected chi connectivity index (χ2v) is 5.67. The number of carbonyl (C=O) groups excluding carboxylic acids is 1. The Balaban J connectivity index is 2.45. The second kappa shape index (κ2) is 7.52. The predicted molar refractivity (Wildman–Crippen MR) is 77.7 cm³/mol. The van der Waals surface area contributed by atoms with Crippen LogP contribution in [0.3, 0.4) is 0 Å². The van der Waals surface area contributed by atoms with Crippen LogP contribution >= 0.6 is 0 Å². The van der Waals surface area contributed by atoms with Gasteiger partial charge in [-0.2, -0.15) is 0 Å². The van der Waals surface area contributed by atoms with E-state index in [0.717, 1.165) is 19.3 Å². The summed E-state index contributed by atoms with van der Waals surface area (Å²) in [6.45, 7) is 5.00. The van der Waals surface area contributed by atoms with Crippen molar-refractivity contribution < 1.29 is 4.79 Å². The van der Waals surface area contributed by atoms with E-state index in [0.29, 0.717) is 18.2 Å². The highest BCUT2D eigenvalue weighted by Gasteiger charge is 2.16. The summed E-state index contributed by atoms with van der Waals surface area (Å²) in [5.74, 6) is 0.960. The molecular weight excluding hydrogens is 222 g/mol. The summed E-state index contributed by atoms with van der Waals surface area (Å²) < 4.78 is 0. The molecule has 1 unspecified atom stereocenters. The molecule has 0 bridgehead atoms. The summed E-state index contributed by atoms with van der Waals surface area (Å²) in [6, 6.07) is 0. The lowest BCUT2D eigenvalue weighted by atomic mass is 9.85. The van der Waals surface area contributed by atoms with E-state index in [9.17, 15) is 4.79 Å². The molecule has 1 aliphatic rings. The van der Waals surface area contributed by atoms with Gasteiger partial charge in [-0.15, -0.1) is 0 Å². The molecule has 0 aliphatic heterocycles. The molecule has 0 saturated heterocycles. The molecular formula is C16H27NO. The van der Waals surface area contributed by atoms with E-state index >= 15 is 0 Å². The molecule has 0 heterocycles. The molecule has 0 amide bonds. The number of allylic oxidation sites excluding steroid dienone is 4. The van der Waals surface area contributed by atoms with E-state index in [-0.39, 0.29) is 0 Å². The Morgan fingerprint density at radius 1 is 1.33 bits per heavy atom. The van der Waals surface area contributed by atoms with Crippen molar-refractivity contribution in [1.29, 1.82) is 0 Å². The minimum absolute atomic E-state index is 0.363. The number of hydrogen-bond donors (Lipinski definition) is 0. The van der Waals surface area contributed by atoms with Crippen LogP contribution in [-0.2, 0) is 4.79 Å². The summed E-state index contributed by atoms with van der Waals surface area (Å²) >= 11 is 0. The number of hydrogen-bond acceptors (Lipinski definition) is 2. The van der Waals surface area contributed by atoms with Crippen LogP contribution < -0.4 is 0 Å². The van der Waals surface area contributed by atoms with Crippen LogP contribution in [0.5, 0.6) is 0 Å². The molecule has 18 heavy (non-hydrogen) atoms.